The molecule has 0 unspecified atom stereocenters. The fourth-order valence-electron chi connectivity index (χ4n) is 1.41. The molecule has 1 aromatic carbocycles. The average Bonchev–Trinajstić information content (AvgIpc) is 2.16. The second-order valence-electron chi connectivity index (χ2n) is 3.34. The Morgan fingerprint density at radius 1 is 1.46 bits per heavy atom. The van der Waals surface area contributed by atoms with Crippen molar-refractivity contribution in [2.75, 3.05) is 0 Å². The van der Waals surface area contributed by atoms with Gasteiger partial charge in [-0.25, -0.2) is 0 Å². The highest BCUT2D eigenvalue weighted by molar-refractivity contribution is 5.47. The van der Waals surface area contributed by atoms with Gasteiger partial charge in [0.15, 0.2) is 0 Å². The summed E-state index contributed by atoms with van der Waals surface area (Å²) < 4.78 is 0. The summed E-state index contributed by atoms with van der Waals surface area (Å²) in [6.45, 7) is 4.20. The molecule has 1 rings (SSSR count). The average molecular weight is 174 g/mol. The molecule has 1 heteroatoms. The predicted octanol–water partition coefficient (Wildman–Crippen LogP) is 2.28. The molecule has 0 radical (unpaired) electrons. The van der Waals surface area contributed by atoms with Gasteiger partial charge in [0.1, 0.15) is 0 Å². The number of aliphatic hydroxyl groups is 1. The van der Waals surface area contributed by atoms with Gasteiger partial charge in [-0.15, -0.1) is 6.42 Å². The summed E-state index contributed by atoms with van der Waals surface area (Å²) >= 11 is 0. The van der Waals surface area contributed by atoms with E-state index in [-0.39, 0.29) is 6.61 Å². The van der Waals surface area contributed by atoms with Crippen molar-refractivity contribution in [3.05, 3.63) is 34.9 Å². The predicted molar refractivity (Wildman–Crippen MR) is 54.4 cm³/mol. The van der Waals surface area contributed by atoms with E-state index in [0.717, 1.165) is 16.7 Å². The first-order valence-corrected chi connectivity index (χ1v) is 4.40. The molecule has 13 heavy (non-hydrogen) atoms. The molecule has 0 aromatic heterocycles. The standard InChI is InChI=1S/C12H14O/c1-4-11-10(8-13)6-5-7-12(11)9(2)3/h1,5-7,9,13H,8H2,2-3H3. The van der Waals surface area contributed by atoms with Crippen LogP contribution in [0.15, 0.2) is 18.2 Å². The summed E-state index contributed by atoms with van der Waals surface area (Å²) in [7, 11) is 0. The van der Waals surface area contributed by atoms with Crippen LogP contribution in [0.4, 0.5) is 0 Å². The van der Waals surface area contributed by atoms with E-state index < -0.39 is 0 Å². The maximum absolute atomic E-state index is 9.06. The zero-order valence-electron chi connectivity index (χ0n) is 8.04. The maximum atomic E-state index is 9.06. The molecule has 0 saturated heterocycles. The van der Waals surface area contributed by atoms with E-state index >= 15 is 0 Å². The molecule has 0 heterocycles. The number of hydrogen-bond acceptors (Lipinski definition) is 1. The molecule has 0 fully saturated rings. The normalized spacial score (nSPS) is 10.1. The second-order valence-corrected chi connectivity index (χ2v) is 3.34. The second kappa shape index (κ2) is 4.11. The van der Waals surface area contributed by atoms with E-state index in [1.165, 1.54) is 0 Å². The van der Waals surface area contributed by atoms with Crippen LogP contribution in [-0.2, 0) is 6.61 Å². The highest BCUT2D eigenvalue weighted by Gasteiger charge is 2.07. The fourth-order valence-corrected chi connectivity index (χ4v) is 1.41. The summed E-state index contributed by atoms with van der Waals surface area (Å²) in [5, 5.41) is 9.06. The Kier molecular flexibility index (Phi) is 3.11. The van der Waals surface area contributed by atoms with Gasteiger partial charge >= 0.3 is 0 Å². The Labute approximate surface area is 79.4 Å². The topological polar surface area (TPSA) is 20.2 Å². The first kappa shape index (κ1) is 9.83. The smallest absolute Gasteiger partial charge is 0.0694 e. The quantitative estimate of drug-likeness (QED) is 0.682. The third kappa shape index (κ3) is 1.91. The lowest BCUT2D eigenvalue weighted by molar-refractivity contribution is 0.281. The summed E-state index contributed by atoms with van der Waals surface area (Å²) in [4.78, 5) is 0. The van der Waals surface area contributed by atoms with Gasteiger partial charge in [-0.2, -0.15) is 0 Å². The van der Waals surface area contributed by atoms with Crippen LogP contribution in [0.25, 0.3) is 0 Å². The van der Waals surface area contributed by atoms with Crippen LogP contribution < -0.4 is 0 Å². The Morgan fingerprint density at radius 2 is 2.15 bits per heavy atom. The van der Waals surface area contributed by atoms with E-state index in [0.29, 0.717) is 5.92 Å². The molecule has 1 N–H and O–H groups in total. The van der Waals surface area contributed by atoms with Crippen LogP contribution in [0.5, 0.6) is 0 Å². The van der Waals surface area contributed by atoms with Gasteiger partial charge in [0.2, 0.25) is 0 Å². The Balaban J connectivity index is 3.29. The number of rotatable bonds is 2. The van der Waals surface area contributed by atoms with E-state index in [1.54, 1.807) is 0 Å². The van der Waals surface area contributed by atoms with Gasteiger partial charge in [-0.3, -0.25) is 0 Å². The lowest BCUT2D eigenvalue weighted by Gasteiger charge is -2.11. The summed E-state index contributed by atoms with van der Waals surface area (Å²) in [6, 6.07) is 5.81. The minimum atomic E-state index is 0.0140. The van der Waals surface area contributed by atoms with E-state index in [2.05, 4.69) is 19.8 Å². The van der Waals surface area contributed by atoms with Crippen molar-refractivity contribution in [2.24, 2.45) is 0 Å². The summed E-state index contributed by atoms with van der Waals surface area (Å²) in [5.41, 5.74) is 2.82. The highest BCUT2D eigenvalue weighted by Crippen LogP contribution is 2.21. The van der Waals surface area contributed by atoms with Crippen molar-refractivity contribution in [1.82, 2.24) is 0 Å². The Bertz CT molecular complexity index is 331. The van der Waals surface area contributed by atoms with Gasteiger partial charge in [0, 0.05) is 5.56 Å². The van der Waals surface area contributed by atoms with Gasteiger partial charge < -0.3 is 5.11 Å². The van der Waals surface area contributed by atoms with Crippen LogP contribution in [0.2, 0.25) is 0 Å². The van der Waals surface area contributed by atoms with Gasteiger partial charge in [0.25, 0.3) is 0 Å². The molecular formula is C12H14O. The van der Waals surface area contributed by atoms with Crippen molar-refractivity contribution < 1.29 is 5.11 Å². The van der Waals surface area contributed by atoms with Crippen LogP contribution in [-0.4, -0.2) is 5.11 Å². The maximum Gasteiger partial charge on any atom is 0.0694 e. The van der Waals surface area contributed by atoms with Crippen molar-refractivity contribution in [3.8, 4) is 12.3 Å². The number of hydrogen-bond donors (Lipinski definition) is 1. The van der Waals surface area contributed by atoms with E-state index in [9.17, 15) is 0 Å². The molecule has 0 aliphatic carbocycles. The zero-order chi connectivity index (χ0) is 9.84. The third-order valence-corrected chi connectivity index (χ3v) is 2.12. The van der Waals surface area contributed by atoms with Crippen molar-refractivity contribution in [3.63, 3.8) is 0 Å². The molecule has 0 aliphatic heterocycles. The van der Waals surface area contributed by atoms with Gasteiger partial charge in [-0.05, 0) is 17.0 Å². The third-order valence-electron chi connectivity index (χ3n) is 2.12. The van der Waals surface area contributed by atoms with Gasteiger partial charge in [-0.1, -0.05) is 38.0 Å². The Morgan fingerprint density at radius 3 is 2.62 bits per heavy atom. The Hall–Kier alpha value is -1.26. The highest BCUT2D eigenvalue weighted by atomic mass is 16.3. The van der Waals surface area contributed by atoms with Crippen LogP contribution in [0.3, 0.4) is 0 Å². The molecule has 0 amide bonds. The molecule has 1 nitrogen and oxygen atoms in total. The van der Waals surface area contributed by atoms with Crippen LogP contribution in [0.1, 0.15) is 36.5 Å². The molecular weight excluding hydrogens is 160 g/mol. The molecule has 0 spiro atoms. The van der Waals surface area contributed by atoms with Crippen LogP contribution >= 0.6 is 0 Å². The SMILES string of the molecule is C#Cc1c(CO)cccc1C(C)C. The van der Waals surface area contributed by atoms with Crippen molar-refractivity contribution in [1.29, 1.82) is 0 Å². The molecule has 0 aliphatic rings. The van der Waals surface area contributed by atoms with Crippen molar-refractivity contribution >= 4 is 0 Å². The van der Waals surface area contributed by atoms with Crippen molar-refractivity contribution in [2.45, 2.75) is 26.4 Å². The zero-order valence-corrected chi connectivity index (χ0v) is 8.04. The first-order chi connectivity index (χ1) is 6.20. The number of aliphatic hydroxyl groups excluding tert-OH is 1. The summed E-state index contributed by atoms with van der Waals surface area (Å²) in [6.07, 6.45) is 5.40. The number of terminal acetylenes is 1. The monoisotopic (exact) mass is 174 g/mol. The van der Waals surface area contributed by atoms with E-state index in [4.69, 9.17) is 11.5 Å². The summed E-state index contributed by atoms with van der Waals surface area (Å²) in [5.74, 6) is 3.04. The molecule has 68 valence electrons. The molecule has 0 bridgehead atoms. The first-order valence-electron chi connectivity index (χ1n) is 4.40. The van der Waals surface area contributed by atoms with E-state index in [1.807, 2.05) is 18.2 Å². The molecule has 1 aromatic rings. The largest absolute Gasteiger partial charge is 0.392 e. The minimum Gasteiger partial charge on any atom is -0.392 e. The fraction of sp³-hybridized carbons (Fsp3) is 0.333. The van der Waals surface area contributed by atoms with Crippen LogP contribution in [0, 0.1) is 12.3 Å². The molecule has 0 saturated carbocycles. The lowest BCUT2D eigenvalue weighted by Crippen LogP contribution is -1.97. The molecule has 0 atom stereocenters. The van der Waals surface area contributed by atoms with Gasteiger partial charge in [0.05, 0.1) is 6.61 Å². The lowest BCUT2D eigenvalue weighted by atomic mass is 9.94. The minimum absolute atomic E-state index is 0.0140. The number of benzene rings is 1.